The van der Waals surface area contributed by atoms with Gasteiger partial charge in [-0.1, -0.05) is 41.5 Å². The number of benzene rings is 3. The lowest BCUT2D eigenvalue weighted by Crippen LogP contribution is -2.76. The fourth-order valence-electron chi connectivity index (χ4n) is 9.73. The number of carboxylic acid groups (broad SMARTS) is 1. The normalized spacial score (nSPS) is 27.5. The van der Waals surface area contributed by atoms with Crippen molar-refractivity contribution < 1.29 is 34.1 Å². The molecule has 0 unspecified atom stereocenters. The molecule has 1 spiro atoms. The molecule has 3 aromatic carbocycles. The zero-order valence-corrected chi connectivity index (χ0v) is 29.4. The second-order valence-electron chi connectivity index (χ2n) is 16.9. The summed E-state index contributed by atoms with van der Waals surface area (Å²) in [5, 5.41) is 24.3. The number of esters is 1. The predicted molar refractivity (Wildman–Crippen MR) is 185 cm³/mol. The molecule has 3 fully saturated rings. The van der Waals surface area contributed by atoms with E-state index in [2.05, 4.69) is 17.0 Å². The molecule has 0 aromatic heterocycles. The first-order valence-electron chi connectivity index (χ1n) is 17.9. The van der Waals surface area contributed by atoms with Gasteiger partial charge in [0.15, 0.2) is 23.4 Å². The first kappa shape index (κ1) is 32.5. The van der Waals surface area contributed by atoms with Gasteiger partial charge >= 0.3 is 11.9 Å². The number of ketones is 1. The van der Waals surface area contributed by atoms with E-state index in [0.29, 0.717) is 37.4 Å². The van der Waals surface area contributed by atoms with Gasteiger partial charge in [0, 0.05) is 24.6 Å². The molecule has 0 radical (unpaired) electrons. The Kier molecular flexibility index (Phi) is 7.04. The van der Waals surface area contributed by atoms with Gasteiger partial charge < -0.3 is 19.7 Å². The van der Waals surface area contributed by atoms with Crippen LogP contribution >= 0.6 is 0 Å². The van der Waals surface area contributed by atoms with E-state index in [9.17, 15) is 24.6 Å². The summed E-state index contributed by atoms with van der Waals surface area (Å²) in [5.41, 5.74) is 1.58. The van der Waals surface area contributed by atoms with Crippen LogP contribution in [0, 0.1) is 25.2 Å². The molecule has 3 aromatic rings. The van der Waals surface area contributed by atoms with Crippen LogP contribution in [0.3, 0.4) is 0 Å². The fraction of sp³-hybridized carbons (Fsp3) is 0.537. The number of fused-ring (bicyclic) bond motifs is 1. The highest BCUT2D eigenvalue weighted by molar-refractivity contribution is 5.97. The third kappa shape index (κ3) is 4.66. The number of carbonyl (C=O) groups excluding carboxylic acids is 2. The number of likely N-dealkylation sites (tertiary alicyclic amines) is 1. The molecule has 49 heavy (non-hydrogen) atoms. The predicted octanol–water partition coefficient (Wildman–Crippen LogP) is 6.13. The van der Waals surface area contributed by atoms with Crippen molar-refractivity contribution in [3.8, 4) is 11.5 Å². The molecule has 8 heteroatoms. The highest BCUT2D eigenvalue weighted by atomic mass is 16.6. The molecule has 2 saturated carbocycles. The van der Waals surface area contributed by atoms with E-state index in [1.807, 2.05) is 45.9 Å². The Morgan fingerprint density at radius 2 is 1.73 bits per heavy atom. The molecule has 1 saturated heterocycles. The molecular formula is C41H47NO7. The maximum Gasteiger partial charge on any atom is 0.321 e. The van der Waals surface area contributed by atoms with Gasteiger partial charge in [-0.3, -0.25) is 19.3 Å². The van der Waals surface area contributed by atoms with Crippen LogP contribution in [-0.2, 0) is 38.1 Å². The molecule has 5 aliphatic rings. The summed E-state index contributed by atoms with van der Waals surface area (Å²) in [5.74, 6) is 0.0832. The Hall–Kier alpha value is -3.75. The molecule has 3 aliphatic carbocycles. The number of Topliss-reactive ketones (excluding diaryl/α,β-unsaturated/α-hetero) is 1. The minimum Gasteiger partial charge on any atom is -0.481 e. The van der Waals surface area contributed by atoms with Crippen molar-refractivity contribution in [3.05, 3.63) is 69.8 Å². The number of aliphatic hydroxyl groups is 1. The number of aryl methyl sites for hydroxylation is 2. The number of hydrogen-bond acceptors (Lipinski definition) is 7. The van der Waals surface area contributed by atoms with Gasteiger partial charge in [-0.15, -0.1) is 0 Å². The zero-order chi connectivity index (χ0) is 34.8. The van der Waals surface area contributed by atoms with E-state index in [1.54, 1.807) is 19.9 Å². The van der Waals surface area contributed by atoms with Crippen LogP contribution in [-0.4, -0.2) is 63.7 Å². The Bertz CT molecular complexity index is 1960. The Morgan fingerprint density at radius 1 is 1.02 bits per heavy atom. The molecule has 8 nitrogen and oxygen atoms in total. The first-order valence-corrected chi connectivity index (χ1v) is 17.9. The van der Waals surface area contributed by atoms with Crippen LogP contribution in [0.25, 0.3) is 10.8 Å². The van der Waals surface area contributed by atoms with Gasteiger partial charge in [0.05, 0.1) is 21.8 Å². The molecule has 2 heterocycles. The van der Waals surface area contributed by atoms with E-state index in [0.717, 1.165) is 57.2 Å². The van der Waals surface area contributed by atoms with Crippen molar-refractivity contribution in [3.63, 3.8) is 0 Å². The molecular weight excluding hydrogens is 618 g/mol. The maximum absolute atomic E-state index is 14.4. The van der Waals surface area contributed by atoms with E-state index in [4.69, 9.17) is 9.47 Å². The number of aliphatic carboxylic acids is 1. The summed E-state index contributed by atoms with van der Waals surface area (Å²) < 4.78 is 12.9. The highest BCUT2D eigenvalue weighted by Crippen LogP contribution is 2.65. The number of carbonyl (C=O) groups is 3. The highest BCUT2D eigenvalue weighted by Gasteiger charge is 2.73. The van der Waals surface area contributed by atoms with Crippen molar-refractivity contribution in [2.24, 2.45) is 11.3 Å². The first-order chi connectivity index (χ1) is 23.1. The number of piperidine rings is 1. The fourth-order valence-corrected chi connectivity index (χ4v) is 9.73. The lowest BCUT2D eigenvalue weighted by molar-refractivity contribution is -0.188. The third-order valence-corrected chi connectivity index (χ3v) is 12.6. The molecule has 258 valence electrons. The second kappa shape index (κ2) is 10.6. The van der Waals surface area contributed by atoms with Gasteiger partial charge in [-0.05, 0) is 126 Å². The zero-order valence-electron chi connectivity index (χ0n) is 29.4. The summed E-state index contributed by atoms with van der Waals surface area (Å²) in [6.07, 6.45) is 4.02. The molecule has 0 amide bonds. The van der Waals surface area contributed by atoms with Crippen LogP contribution in [0.5, 0.6) is 11.5 Å². The molecule has 2 bridgehead atoms. The Morgan fingerprint density at radius 3 is 2.45 bits per heavy atom. The Labute approximate surface area is 287 Å². The number of nitrogens with zero attached hydrogens (tertiary/aromatic N) is 1. The number of hydrogen-bond donors (Lipinski definition) is 2. The number of rotatable bonds is 8. The van der Waals surface area contributed by atoms with Gasteiger partial charge in [-0.25, -0.2) is 0 Å². The third-order valence-electron chi connectivity index (χ3n) is 12.6. The van der Waals surface area contributed by atoms with Gasteiger partial charge in [0.2, 0.25) is 0 Å². The van der Waals surface area contributed by atoms with Crippen LogP contribution < -0.4 is 9.47 Å². The number of carboxylic acids is 1. The number of ether oxygens (including phenoxy) is 2. The topological polar surface area (TPSA) is 113 Å². The van der Waals surface area contributed by atoms with Crippen molar-refractivity contribution in [1.82, 2.24) is 4.90 Å². The smallest absolute Gasteiger partial charge is 0.321 e. The van der Waals surface area contributed by atoms with Crippen LogP contribution in [0.4, 0.5) is 0 Å². The second-order valence-corrected chi connectivity index (χ2v) is 16.9. The van der Waals surface area contributed by atoms with Crippen molar-refractivity contribution in [2.75, 3.05) is 13.1 Å². The van der Waals surface area contributed by atoms with E-state index in [-0.39, 0.29) is 24.0 Å². The lowest BCUT2D eigenvalue weighted by Gasteiger charge is -2.62. The quantitative estimate of drug-likeness (QED) is 0.219. The Balaban J connectivity index is 1.18. The minimum absolute atomic E-state index is 0.00389. The standard InChI is InChI=1S/C41H47NO7/c1-22-15-26(20-38(3,4)36(44)45)27-16-23(2)18-29(28(27)17-22)39(5,6)37(46)48-31-10-9-25-19-32-41(47)12-11-30(43)35-40(41,33(25)34(31)49-35)13-14-42(32)21-24-7-8-24/h9-10,15-18,24,32,35,47H,7-8,11-14,19-21H2,1-6H3,(H,44,45)/t32-,35+,40+,41-/m1/s1. The van der Waals surface area contributed by atoms with Crippen LogP contribution in [0.2, 0.25) is 0 Å². The van der Waals surface area contributed by atoms with Crippen molar-refractivity contribution in [2.45, 2.75) is 115 Å². The van der Waals surface area contributed by atoms with E-state index in [1.165, 1.54) is 12.8 Å². The summed E-state index contributed by atoms with van der Waals surface area (Å²) in [7, 11) is 0. The average molecular weight is 666 g/mol. The van der Waals surface area contributed by atoms with Crippen molar-refractivity contribution in [1.29, 1.82) is 0 Å². The van der Waals surface area contributed by atoms with Crippen LogP contribution in [0.1, 0.15) is 93.2 Å². The summed E-state index contributed by atoms with van der Waals surface area (Å²) in [6.45, 7) is 12.9. The van der Waals surface area contributed by atoms with Crippen molar-refractivity contribution >= 4 is 28.5 Å². The van der Waals surface area contributed by atoms with E-state index < -0.39 is 39.9 Å². The van der Waals surface area contributed by atoms with Gasteiger partial charge in [-0.2, -0.15) is 0 Å². The monoisotopic (exact) mass is 665 g/mol. The molecule has 8 rings (SSSR count). The van der Waals surface area contributed by atoms with Gasteiger partial charge in [0.1, 0.15) is 0 Å². The molecule has 2 aliphatic heterocycles. The SMILES string of the molecule is Cc1cc(C(C)(C)C(=O)Oc2ccc3c4c2O[C@H]2C(=O)CC[C@@]5(O)[C@@H](C3)N(CC3CC3)CC[C@]425)c2cc(C)cc(CC(C)(C)C(=O)O)c2c1. The molecule has 4 atom stereocenters. The summed E-state index contributed by atoms with van der Waals surface area (Å²) in [4.78, 5) is 42.4. The van der Waals surface area contributed by atoms with E-state index >= 15 is 0 Å². The minimum atomic E-state index is -1.10. The molecule has 2 N–H and O–H groups in total. The largest absolute Gasteiger partial charge is 0.481 e. The summed E-state index contributed by atoms with van der Waals surface area (Å²) in [6, 6.07) is 11.9. The van der Waals surface area contributed by atoms with Gasteiger partial charge in [0.25, 0.3) is 0 Å². The lowest BCUT2D eigenvalue weighted by atomic mass is 9.49. The van der Waals surface area contributed by atoms with Crippen LogP contribution in [0.15, 0.2) is 36.4 Å². The average Bonchev–Trinajstić information content (AvgIpc) is 3.77. The maximum atomic E-state index is 14.4. The summed E-state index contributed by atoms with van der Waals surface area (Å²) >= 11 is 0.